The van der Waals surface area contributed by atoms with Gasteiger partial charge in [0, 0.05) is 11.4 Å². The molecule has 0 unspecified atom stereocenters. The first-order valence-electron chi connectivity index (χ1n) is 9.52. The van der Waals surface area contributed by atoms with Crippen LogP contribution in [0.15, 0.2) is 83.8 Å². The maximum Gasteiger partial charge on any atom is 0.270 e. The second kappa shape index (κ2) is 9.78. The van der Waals surface area contributed by atoms with E-state index < -0.39 is 15.9 Å². The third kappa shape index (κ3) is 5.20. The molecule has 0 heterocycles. The lowest BCUT2D eigenvalue weighted by atomic mass is 10.1. The Bertz CT molecular complexity index is 1080. The summed E-state index contributed by atoms with van der Waals surface area (Å²) in [6.45, 7) is 2.35. The molecule has 1 amide bonds. The molecular weight excluding hydrogens is 422 g/mol. The first kappa shape index (κ1) is 21.9. The van der Waals surface area contributed by atoms with Crippen molar-refractivity contribution in [2.45, 2.75) is 24.7 Å². The number of carbonyl (C=O) groups excluding carboxylic acids is 1. The van der Waals surface area contributed by atoms with Crippen molar-refractivity contribution in [1.82, 2.24) is 0 Å². The molecule has 0 fully saturated rings. The molecule has 0 N–H and O–H groups in total. The molecule has 0 radical (unpaired) electrons. The fourth-order valence-electron chi connectivity index (χ4n) is 2.97. The van der Waals surface area contributed by atoms with Crippen LogP contribution in [-0.2, 0) is 21.2 Å². The van der Waals surface area contributed by atoms with Crippen molar-refractivity contribution in [3.8, 4) is 5.75 Å². The lowest BCUT2D eigenvalue weighted by Crippen LogP contribution is -2.37. The van der Waals surface area contributed by atoms with Gasteiger partial charge in [0.05, 0.1) is 17.2 Å². The number of aryl methyl sites for hydroxylation is 1. The molecule has 0 aliphatic heterocycles. The van der Waals surface area contributed by atoms with Crippen LogP contribution in [0.3, 0.4) is 0 Å². The summed E-state index contributed by atoms with van der Waals surface area (Å²) in [4.78, 5) is 13.1. The summed E-state index contributed by atoms with van der Waals surface area (Å²) in [5.74, 6) is 0.0831. The van der Waals surface area contributed by atoms with Gasteiger partial charge >= 0.3 is 0 Å². The molecule has 3 aromatic carbocycles. The van der Waals surface area contributed by atoms with Crippen LogP contribution in [0.5, 0.6) is 5.75 Å². The molecule has 0 aromatic heterocycles. The molecule has 7 heteroatoms. The number of benzene rings is 3. The van der Waals surface area contributed by atoms with E-state index in [9.17, 15) is 13.2 Å². The molecule has 156 valence electrons. The Hall–Kier alpha value is -2.83. The van der Waals surface area contributed by atoms with Crippen LogP contribution in [-0.4, -0.2) is 20.9 Å². The Morgan fingerprint density at radius 1 is 0.933 bits per heavy atom. The zero-order chi connectivity index (χ0) is 21.6. The minimum atomic E-state index is -4.12. The second-order valence-electron chi connectivity index (χ2n) is 6.53. The topological polar surface area (TPSA) is 63.7 Å². The molecule has 0 saturated carbocycles. The van der Waals surface area contributed by atoms with Gasteiger partial charge < -0.3 is 4.74 Å². The predicted molar refractivity (Wildman–Crippen MR) is 118 cm³/mol. The van der Waals surface area contributed by atoms with E-state index in [2.05, 4.69) is 0 Å². The summed E-state index contributed by atoms with van der Waals surface area (Å²) in [5, 5.41) is 0.414. The summed E-state index contributed by atoms with van der Waals surface area (Å²) >= 11 is 5.90. The van der Waals surface area contributed by atoms with Crippen molar-refractivity contribution in [2.24, 2.45) is 0 Å². The molecule has 5 nitrogen and oxygen atoms in total. The first-order chi connectivity index (χ1) is 14.4. The van der Waals surface area contributed by atoms with Crippen LogP contribution >= 0.6 is 11.6 Å². The highest BCUT2D eigenvalue weighted by Gasteiger charge is 2.30. The Morgan fingerprint density at radius 2 is 1.57 bits per heavy atom. The summed E-state index contributed by atoms with van der Waals surface area (Å²) in [7, 11) is -4.12. The monoisotopic (exact) mass is 443 g/mol. The molecule has 0 atom stereocenters. The number of sulfonamides is 1. The molecule has 0 bridgehead atoms. The number of nitrogens with zero attached hydrogens (tertiary/aromatic N) is 1. The normalized spacial score (nSPS) is 11.1. The van der Waals surface area contributed by atoms with Crippen molar-refractivity contribution in [1.29, 1.82) is 0 Å². The number of carbonyl (C=O) groups is 1. The third-order valence-corrected chi connectivity index (χ3v) is 6.45. The summed E-state index contributed by atoms with van der Waals surface area (Å²) < 4.78 is 33.0. The van der Waals surface area contributed by atoms with Crippen LogP contribution < -0.4 is 9.04 Å². The van der Waals surface area contributed by atoms with Crippen molar-refractivity contribution in [3.05, 3.63) is 89.4 Å². The smallest absolute Gasteiger partial charge is 0.270 e. The average molecular weight is 444 g/mol. The zero-order valence-corrected chi connectivity index (χ0v) is 18.1. The van der Waals surface area contributed by atoms with E-state index in [1.165, 1.54) is 24.3 Å². The van der Waals surface area contributed by atoms with Gasteiger partial charge in [-0.05, 0) is 67.4 Å². The van der Waals surface area contributed by atoms with Crippen LogP contribution in [0.2, 0.25) is 5.02 Å². The van der Waals surface area contributed by atoms with E-state index in [4.69, 9.17) is 16.3 Å². The molecule has 0 saturated heterocycles. The van der Waals surface area contributed by atoms with E-state index >= 15 is 0 Å². The average Bonchev–Trinajstić information content (AvgIpc) is 2.75. The number of hydrogen-bond donors (Lipinski definition) is 0. The van der Waals surface area contributed by atoms with Crippen LogP contribution in [0.1, 0.15) is 18.9 Å². The predicted octanol–water partition coefficient (Wildman–Crippen LogP) is 5.09. The highest BCUT2D eigenvalue weighted by atomic mass is 35.5. The molecule has 3 rings (SSSR count). The van der Waals surface area contributed by atoms with Gasteiger partial charge in [-0.3, -0.25) is 4.79 Å². The fraction of sp³-hybridized carbons (Fsp3) is 0.174. The highest BCUT2D eigenvalue weighted by molar-refractivity contribution is 7.93. The Labute approximate surface area is 181 Å². The Balaban J connectivity index is 1.95. The van der Waals surface area contributed by atoms with Crippen LogP contribution in [0, 0.1) is 0 Å². The zero-order valence-electron chi connectivity index (χ0n) is 16.5. The maximum absolute atomic E-state index is 13.3. The van der Waals surface area contributed by atoms with Gasteiger partial charge in [-0.15, -0.1) is 0 Å². The summed E-state index contributed by atoms with van der Waals surface area (Å²) in [6.07, 6.45) is 0.480. The minimum Gasteiger partial charge on any atom is -0.494 e. The van der Waals surface area contributed by atoms with E-state index in [0.717, 1.165) is 9.87 Å². The van der Waals surface area contributed by atoms with Crippen LogP contribution in [0.4, 0.5) is 5.69 Å². The van der Waals surface area contributed by atoms with Crippen molar-refractivity contribution >= 4 is 33.2 Å². The fourth-order valence-corrected chi connectivity index (χ4v) is 4.55. The van der Waals surface area contributed by atoms with E-state index in [0.29, 0.717) is 23.8 Å². The van der Waals surface area contributed by atoms with Gasteiger partial charge in [0.15, 0.2) is 0 Å². The number of amides is 1. The number of anilines is 1. The largest absolute Gasteiger partial charge is 0.494 e. The molecule has 30 heavy (non-hydrogen) atoms. The van der Waals surface area contributed by atoms with Gasteiger partial charge in [-0.1, -0.05) is 41.9 Å². The molecular formula is C23H22ClNO4S. The highest BCUT2D eigenvalue weighted by Crippen LogP contribution is 2.28. The van der Waals surface area contributed by atoms with E-state index in [-0.39, 0.29) is 17.0 Å². The number of rotatable bonds is 8. The lowest BCUT2D eigenvalue weighted by molar-refractivity contribution is -0.117. The quantitative estimate of drug-likeness (QED) is 0.486. The summed E-state index contributed by atoms with van der Waals surface area (Å²) in [5.41, 5.74) is 1.22. The first-order valence-corrected chi connectivity index (χ1v) is 11.3. The van der Waals surface area contributed by atoms with Crippen molar-refractivity contribution in [3.63, 3.8) is 0 Å². The third-order valence-electron chi connectivity index (χ3n) is 4.43. The Kier molecular flexibility index (Phi) is 7.13. The second-order valence-corrected chi connectivity index (χ2v) is 8.75. The standard InChI is InChI=1S/C23H22ClNO4S/c1-2-29-21-13-11-20(12-14-21)25(23(26)17-8-18-6-4-3-5-7-18)30(27,28)22-15-9-19(24)10-16-22/h3-7,9-16H,2,8,17H2,1H3. The summed E-state index contributed by atoms with van der Waals surface area (Å²) in [6, 6.07) is 21.7. The number of ether oxygens (including phenoxy) is 1. The molecule has 0 spiro atoms. The van der Waals surface area contributed by atoms with E-state index in [1.54, 1.807) is 24.3 Å². The van der Waals surface area contributed by atoms with Gasteiger partial charge in [0.2, 0.25) is 5.91 Å². The number of hydrogen-bond acceptors (Lipinski definition) is 4. The lowest BCUT2D eigenvalue weighted by Gasteiger charge is -2.23. The molecule has 0 aliphatic rings. The number of halogens is 1. The van der Waals surface area contributed by atoms with E-state index in [1.807, 2.05) is 37.3 Å². The molecule has 3 aromatic rings. The molecule has 0 aliphatic carbocycles. The van der Waals surface area contributed by atoms with Gasteiger partial charge in [-0.2, -0.15) is 0 Å². The maximum atomic E-state index is 13.3. The Morgan fingerprint density at radius 3 is 2.17 bits per heavy atom. The van der Waals surface area contributed by atoms with Crippen LogP contribution in [0.25, 0.3) is 0 Å². The van der Waals surface area contributed by atoms with Crippen molar-refractivity contribution < 1.29 is 17.9 Å². The van der Waals surface area contributed by atoms with Gasteiger partial charge in [0.25, 0.3) is 10.0 Å². The SMILES string of the molecule is CCOc1ccc(N(C(=O)CCc2ccccc2)S(=O)(=O)c2ccc(Cl)cc2)cc1. The van der Waals surface area contributed by atoms with Crippen molar-refractivity contribution in [2.75, 3.05) is 10.9 Å². The van der Waals surface area contributed by atoms with Gasteiger partial charge in [0.1, 0.15) is 5.75 Å². The minimum absolute atomic E-state index is 0.00570. The van der Waals surface area contributed by atoms with Gasteiger partial charge in [-0.25, -0.2) is 12.7 Å².